The summed E-state index contributed by atoms with van der Waals surface area (Å²) < 4.78 is 1.09. The third-order valence-corrected chi connectivity index (χ3v) is 10.2. The van der Waals surface area contributed by atoms with E-state index in [1.54, 1.807) is 6.08 Å². The molecule has 4 aliphatic rings. The van der Waals surface area contributed by atoms with E-state index in [1.165, 1.54) is 10.5 Å². The monoisotopic (exact) mass is 470 g/mol. The molecule has 0 spiro atoms. The predicted molar refractivity (Wildman–Crippen MR) is 121 cm³/mol. The molecule has 0 aliphatic heterocycles. The van der Waals surface area contributed by atoms with Crippen molar-refractivity contribution in [3.63, 3.8) is 0 Å². The number of Topliss-reactive ketones (excluding diaryl/α,β-unsaturated/α-hetero) is 1. The van der Waals surface area contributed by atoms with Gasteiger partial charge in [0.05, 0.1) is 0 Å². The van der Waals surface area contributed by atoms with Gasteiger partial charge < -0.3 is 0 Å². The zero-order chi connectivity index (χ0) is 20.4. The standard InChI is InChI=1S/C25H27BrO2S/c1-24-11-9-17(27)13-15(24)14-21(29-18-5-3-16(26)4-6-18)23-19-7-8-22(28)25(19,2)12-10-20(23)24/h3-6,9,11,13,19-21,23H,7-8,10,12,14H2,1-2H3/t19-,20-,21+,23-,24-,25-/m0/s1. The maximum absolute atomic E-state index is 12.8. The van der Waals surface area contributed by atoms with Gasteiger partial charge in [-0.1, -0.05) is 41.4 Å². The summed E-state index contributed by atoms with van der Waals surface area (Å²) in [7, 11) is 0. The predicted octanol–water partition coefficient (Wildman–Crippen LogP) is 6.40. The molecule has 0 N–H and O–H groups in total. The van der Waals surface area contributed by atoms with Crippen LogP contribution in [0, 0.1) is 28.6 Å². The Morgan fingerprint density at radius 1 is 1.07 bits per heavy atom. The van der Waals surface area contributed by atoms with Gasteiger partial charge in [-0.05, 0) is 79.9 Å². The lowest BCUT2D eigenvalue weighted by Gasteiger charge is -2.58. The van der Waals surface area contributed by atoms with Gasteiger partial charge in [0.15, 0.2) is 5.78 Å². The number of hydrogen-bond acceptors (Lipinski definition) is 3. The molecule has 0 amide bonds. The third kappa shape index (κ3) is 3.05. The molecule has 4 heteroatoms. The van der Waals surface area contributed by atoms with Crippen LogP contribution in [0.5, 0.6) is 0 Å². The highest BCUT2D eigenvalue weighted by atomic mass is 79.9. The first-order valence-corrected chi connectivity index (χ1v) is 12.4. The summed E-state index contributed by atoms with van der Waals surface area (Å²) in [4.78, 5) is 26.3. The Bertz CT molecular complexity index is 933. The van der Waals surface area contributed by atoms with Crippen molar-refractivity contribution in [2.24, 2.45) is 28.6 Å². The van der Waals surface area contributed by atoms with E-state index in [0.29, 0.717) is 28.8 Å². The van der Waals surface area contributed by atoms with Gasteiger partial charge in [-0.2, -0.15) is 0 Å². The summed E-state index contributed by atoms with van der Waals surface area (Å²) in [6.45, 7) is 4.57. The second-order valence-corrected chi connectivity index (χ2v) is 11.9. The highest BCUT2D eigenvalue weighted by Gasteiger charge is 2.61. The average molecular weight is 471 g/mol. The molecule has 0 unspecified atom stereocenters. The lowest BCUT2D eigenvalue weighted by atomic mass is 9.48. The molecule has 0 saturated heterocycles. The van der Waals surface area contributed by atoms with Gasteiger partial charge >= 0.3 is 0 Å². The molecule has 3 fully saturated rings. The molecular formula is C25H27BrO2S. The van der Waals surface area contributed by atoms with Crippen molar-refractivity contribution in [2.45, 2.75) is 56.1 Å². The summed E-state index contributed by atoms with van der Waals surface area (Å²) >= 11 is 5.49. The van der Waals surface area contributed by atoms with E-state index in [0.717, 1.165) is 36.6 Å². The zero-order valence-corrected chi connectivity index (χ0v) is 19.4. The number of halogens is 1. The first-order chi connectivity index (χ1) is 13.8. The third-order valence-electron chi connectivity index (χ3n) is 8.37. The Labute approximate surface area is 185 Å². The van der Waals surface area contributed by atoms with E-state index < -0.39 is 0 Å². The van der Waals surface area contributed by atoms with E-state index in [2.05, 4.69) is 60.1 Å². The second-order valence-electron chi connectivity index (χ2n) is 9.71. The molecule has 0 bridgehead atoms. The van der Waals surface area contributed by atoms with Crippen LogP contribution in [0.15, 0.2) is 57.4 Å². The van der Waals surface area contributed by atoms with Crippen molar-refractivity contribution in [1.29, 1.82) is 0 Å². The summed E-state index contributed by atoms with van der Waals surface area (Å²) in [5, 5.41) is 0.412. The molecule has 2 nitrogen and oxygen atoms in total. The summed E-state index contributed by atoms with van der Waals surface area (Å²) in [5.41, 5.74) is 1.11. The molecule has 3 saturated carbocycles. The van der Waals surface area contributed by atoms with E-state index in [-0.39, 0.29) is 16.6 Å². The fraction of sp³-hybridized carbons (Fsp3) is 0.520. The van der Waals surface area contributed by atoms with Crippen molar-refractivity contribution in [3.05, 3.63) is 52.5 Å². The van der Waals surface area contributed by atoms with Crippen LogP contribution in [-0.4, -0.2) is 16.8 Å². The number of carbonyl (C=O) groups excluding carboxylic acids is 2. The molecule has 1 aromatic rings. The molecular weight excluding hydrogens is 444 g/mol. The number of allylic oxidation sites excluding steroid dienone is 4. The Balaban J connectivity index is 1.56. The van der Waals surface area contributed by atoms with Crippen molar-refractivity contribution < 1.29 is 9.59 Å². The number of benzene rings is 1. The number of thioether (sulfide) groups is 1. The molecule has 1 aromatic carbocycles. The summed E-state index contributed by atoms with van der Waals surface area (Å²) in [6.07, 6.45) is 10.7. The van der Waals surface area contributed by atoms with Crippen LogP contribution in [-0.2, 0) is 9.59 Å². The van der Waals surface area contributed by atoms with Crippen molar-refractivity contribution in [3.8, 4) is 0 Å². The largest absolute Gasteiger partial charge is 0.299 e. The minimum Gasteiger partial charge on any atom is -0.299 e. The Kier molecular flexibility index (Phi) is 4.75. The van der Waals surface area contributed by atoms with Crippen LogP contribution in [0.1, 0.15) is 46.0 Å². The highest BCUT2D eigenvalue weighted by molar-refractivity contribution is 9.10. The fourth-order valence-corrected chi connectivity index (χ4v) is 8.43. The molecule has 5 rings (SSSR count). The minimum atomic E-state index is -0.147. The first-order valence-electron chi connectivity index (χ1n) is 10.7. The van der Waals surface area contributed by atoms with Gasteiger partial charge in [0, 0.05) is 31.9 Å². The van der Waals surface area contributed by atoms with Crippen molar-refractivity contribution in [2.75, 3.05) is 0 Å². The van der Waals surface area contributed by atoms with Crippen LogP contribution in [0.3, 0.4) is 0 Å². The number of ketones is 2. The summed E-state index contributed by atoms with van der Waals surface area (Å²) in [6, 6.07) is 8.56. The average Bonchev–Trinajstić information content (AvgIpc) is 3.00. The van der Waals surface area contributed by atoms with Crippen LogP contribution >= 0.6 is 27.7 Å². The van der Waals surface area contributed by atoms with Gasteiger partial charge in [-0.25, -0.2) is 0 Å². The molecule has 6 atom stereocenters. The molecule has 0 aromatic heterocycles. The van der Waals surface area contributed by atoms with Gasteiger partial charge in [0.25, 0.3) is 0 Å². The SMILES string of the molecule is C[C@]12C=CC(=O)C=C1C[C@@H](Sc1ccc(Br)cc1)[C@@H]1[C@@H]2CC[C@]2(C)C(=O)CC[C@@H]12. The van der Waals surface area contributed by atoms with Gasteiger partial charge in [0.2, 0.25) is 0 Å². The van der Waals surface area contributed by atoms with Crippen molar-refractivity contribution in [1.82, 2.24) is 0 Å². The Hall–Kier alpha value is -1.13. The van der Waals surface area contributed by atoms with Crippen LogP contribution in [0.25, 0.3) is 0 Å². The van der Waals surface area contributed by atoms with Crippen LogP contribution in [0.2, 0.25) is 0 Å². The van der Waals surface area contributed by atoms with Crippen molar-refractivity contribution >= 4 is 39.3 Å². The molecule has 29 heavy (non-hydrogen) atoms. The topological polar surface area (TPSA) is 34.1 Å². The Morgan fingerprint density at radius 2 is 1.83 bits per heavy atom. The van der Waals surface area contributed by atoms with Gasteiger partial charge in [-0.3, -0.25) is 9.59 Å². The normalized spacial score (nSPS) is 40.9. The van der Waals surface area contributed by atoms with E-state index >= 15 is 0 Å². The van der Waals surface area contributed by atoms with E-state index in [1.807, 2.05) is 17.8 Å². The lowest BCUT2D eigenvalue weighted by molar-refractivity contribution is -0.131. The lowest BCUT2D eigenvalue weighted by Crippen LogP contribution is -2.54. The quantitative estimate of drug-likeness (QED) is 0.501. The first kappa shape index (κ1) is 19.8. The number of fused-ring (bicyclic) bond motifs is 5. The zero-order valence-electron chi connectivity index (χ0n) is 17.0. The highest BCUT2D eigenvalue weighted by Crippen LogP contribution is 2.65. The van der Waals surface area contributed by atoms with Gasteiger partial charge in [-0.15, -0.1) is 11.8 Å². The van der Waals surface area contributed by atoms with Crippen LogP contribution in [0.4, 0.5) is 0 Å². The van der Waals surface area contributed by atoms with E-state index in [9.17, 15) is 9.59 Å². The molecule has 152 valence electrons. The Morgan fingerprint density at radius 3 is 2.59 bits per heavy atom. The number of hydrogen-bond donors (Lipinski definition) is 0. The van der Waals surface area contributed by atoms with Crippen LogP contribution < -0.4 is 0 Å². The number of carbonyl (C=O) groups is 2. The van der Waals surface area contributed by atoms with E-state index in [4.69, 9.17) is 0 Å². The second kappa shape index (κ2) is 6.95. The maximum atomic E-state index is 12.8. The smallest absolute Gasteiger partial charge is 0.178 e. The molecule has 0 radical (unpaired) electrons. The fourth-order valence-electron chi connectivity index (χ4n) is 6.72. The molecule has 0 heterocycles. The maximum Gasteiger partial charge on any atom is 0.178 e. The minimum absolute atomic E-state index is 0.0394. The van der Waals surface area contributed by atoms with Gasteiger partial charge in [0.1, 0.15) is 5.78 Å². The molecule has 4 aliphatic carbocycles. The summed E-state index contributed by atoms with van der Waals surface area (Å²) in [5.74, 6) is 2.08. The number of rotatable bonds is 2.